The van der Waals surface area contributed by atoms with Gasteiger partial charge in [-0.3, -0.25) is 4.79 Å². The summed E-state index contributed by atoms with van der Waals surface area (Å²) in [5.74, 6) is 1.48. The summed E-state index contributed by atoms with van der Waals surface area (Å²) in [7, 11) is -6.99. The Labute approximate surface area is 363 Å². The Bertz CT molecular complexity index is 1620. The van der Waals surface area contributed by atoms with E-state index in [9.17, 15) is 4.79 Å². The van der Waals surface area contributed by atoms with E-state index in [0.717, 1.165) is 18.4 Å². The second kappa shape index (κ2) is 18.8. The molecule has 0 radical (unpaired) electrons. The maximum absolute atomic E-state index is 13.1. The minimum absolute atomic E-state index is 0.0200. The molecule has 0 aromatic heterocycles. The summed E-state index contributed by atoms with van der Waals surface area (Å²) < 4.78 is 28.7. The van der Waals surface area contributed by atoms with Crippen molar-refractivity contribution in [2.75, 3.05) is 19.1 Å². The predicted molar refractivity (Wildman–Crippen MR) is 254 cm³/mol. The van der Waals surface area contributed by atoms with Gasteiger partial charge in [0.05, 0.1) is 0 Å². The van der Waals surface area contributed by atoms with Crippen molar-refractivity contribution in [2.24, 2.45) is 41.4 Å². The van der Waals surface area contributed by atoms with Crippen molar-refractivity contribution >= 4 is 52.9 Å². The summed E-state index contributed by atoms with van der Waals surface area (Å²) in [5, 5.41) is 2.63. The molecule has 0 heterocycles. The molecule has 2 aliphatic rings. The van der Waals surface area contributed by atoms with E-state index in [1.807, 2.05) is 0 Å². The van der Waals surface area contributed by atoms with E-state index >= 15 is 0 Å². The highest BCUT2D eigenvalue weighted by Crippen LogP contribution is 2.55. The highest BCUT2D eigenvalue weighted by molar-refractivity contribution is 6.99. The highest BCUT2D eigenvalue weighted by atomic mass is 35.5. The molecule has 4 rings (SSSR count). The van der Waals surface area contributed by atoms with E-state index in [-0.39, 0.29) is 68.8 Å². The Hall–Kier alpha value is -1.53. The molecule has 0 unspecified atom stereocenters. The van der Waals surface area contributed by atoms with Crippen molar-refractivity contribution in [3.05, 3.63) is 72.3 Å². The van der Waals surface area contributed by atoms with Crippen LogP contribution >= 0.6 is 11.6 Å². The molecule has 326 valence electrons. The van der Waals surface area contributed by atoms with Gasteiger partial charge in [0.2, 0.25) is 0 Å². The van der Waals surface area contributed by atoms with E-state index in [2.05, 4.69) is 176 Å². The van der Waals surface area contributed by atoms with E-state index < -0.39 is 25.0 Å². The molecule has 9 heteroatoms. The predicted octanol–water partition coefficient (Wildman–Crippen LogP) is 12.3. The van der Waals surface area contributed by atoms with Crippen molar-refractivity contribution < 1.29 is 22.8 Å². The second-order valence-corrected chi connectivity index (χ2v) is 36.4. The minimum atomic E-state index is -2.89. The van der Waals surface area contributed by atoms with E-state index in [1.165, 1.54) is 10.4 Å². The monoisotopic (exact) mass is 869 g/mol. The number of fused-ring (bicyclic) bond motifs is 1. The van der Waals surface area contributed by atoms with Gasteiger partial charge in [0, 0.05) is 38.0 Å². The van der Waals surface area contributed by atoms with Gasteiger partial charge in [-0.2, -0.15) is 0 Å². The SMILES string of the molecule is CC(=O)O[C@@H]1C(CCl)=C[C@@H]([C@H](CO[Si](C)(C)C(C)(C)C)C(C)C)[C@H]2C[C@H](O[Si](c3ccccc3)(c3ccccc3)C(C)(C)C)C[C@@H]([C@H](C)CO[Si](C)(C)C(C)(C)C)[C@H]21. The number of carbonyl (C=O) groups excluding carboxylic acids is 1. The van der Waals surface area contributed by atoms with Gasteiger partial charge < -0.3 is 18.0 Å². The number of benzene rings is 2. The van der Waals surface area contributed by atoms with E-state index in [0.29, 0.717) is 25.0 Å². The molecule has 58 heavy (non-hydrogen) atoms. The van der Waals surface area contributed by atoms with E-state index in [1.54, 1.807) is 6.92 Å². The molecular formula is C49H81ClO5Si3. The number of esters is 1. The van der Waals surface area contributed by atoms with Crippen molar-refractivity contribution in [3.8, 4) is 0 Å². The van der Waals surface area contributed by atoms with E-state index in [4.69, 9.17) is 29.6 Å². The van der Waals surface area contributed by atoms with Crippen LogP contribution in [-0.4, -0.2) is 62.2 Å². The van der Waals surface area contributed by atoms with Crippen LogP contribution in [0.4, 0.5) is 0 Å². The summed E-state index contributed by atoms with van der Waals surface area (Å²) >= 11 is 6.93. The number of halogens is 1. The number of hydrogen-bond donors (Lipinski definition) is 0. The molecule has 5 nitrogen and oxygen atoms in total. The van der Waals surface area contributed by atoms with Gasteiger partial charge in [0.15, 0.2) is 16.6 Å². The fourth-order valence-electron chi connectivity index (χ4n) is 9.40. The quantitative estimate of drug-likeness (QED) is 0.0772. The number of hydrogen-bond acceptors (Lipinski definition) is 5. The average molecular weight is 870 g/mol. The molecule has 1 fully saturated rings. The molecule has 8 atom stereocenters. The summed E-state index contributed by atoms with van der Waals surface area (Å²) in [4.78, 5) is 13.1. The van der Waals surface area contributed by atoms with Crippen LogP contribution in [0.2, 0.25) is 41.3 Å². The lowest BCUT2D eigenvalue weighted by molar-refractivity contribution is -0.155. The van der Waals surface area contributed by atoms with Crippen LogP contribution in [0.3, 0.4) is 0 Å². The largest absolute Gasteiger partial charge is 0.458 e. The third kappa shape index (κ3) is 10.7. The maximum Gasteiger partial charge on any atom is 0.303 e. The summed E-state index contributed by atoms with van der Waals surface area (Å²) in [6.45, 7) is 40.4. The van der Waals surface area contributed by atoms with Crippen LogP contribution < -0.4 is 10.4 Å². The molecular weight excluding hydrogens is 788 g/mol. The van der Waals surface area contributed by atoms with Crippen molar-refractivity contribution in [2.45, 2.75) is 156 Å². The number of carbonyl (C=O) groups is 1. The first-order chi connectivity index (χ1) is 26.7. The van der Waals surface area contributed by atoms with Crippen LogP contribution in [0.5, 0.6) is 0 Å². The highest BCUT2D eigenvalue weighted by Gasteiger charge is 2.57. The van der Waals surface area contributed by atoms with Crippen LogP contribution in [0.25, 0.3) is 0 Å². The van der Waals surface area contributed by atoms with Crippen molar-refractivity contribution in [3.63, 3.8) is 0 Å². The zero-order chi connectivity index (χ0) is 43.6. The van der Waals surface area contributed by atoms with Gasteiger partial charge in [-0.1, -0.05) is 150 Å². The smallest absolute Gasteiger partial charge is 0.303 e. The van der Waals surface area contributed by atoms with Crippen LogP contribution in [0.1, 0.15) is 103 Å². The van der Waals surface area contributed by atoms with Gasteiger partial charge >= 0.3 is 5.97 Å². The molecule has 1 saturated carbocycles. The lowest BCUT2D eigenvalue weighted by Gasteiger charge is -2.55. The fourth-order valence-corrected chi connectivity index (χ4v) is 16.5. The first kappa shape index (κ1) is 49.1. The molecule has 0 saturated heterocycles. The molecule has 2 aromatic rings. The summed E-state index contributed by atoms with van der Waals surface area (Å²) in [5.41, 5.74) is 1.04. The summed E-state index contributed by atoms with van der Waals surface area (Å²) in [6.07, 6.45) is 3.74. The third-order valence-corrected chi connectivity index (χ3v) is 29.3. The Morgan fingerprint density at radius 3 is 1.64 bits per heavy atom. The Morgan fingerprint density at radius 2 is 1.22 bits per heavy atom. The number of rotatable bonds is 15. The second-order valence-electron chi connectivity index (χ2n) is 22.3. The number of allylic oxidation sites excluding steroid dienone is 1. The molecule has 0 bridgehead atoms. The standard InChI is InChI=1S/C49H81ClO5Si3/c1-34(2)44(33-53-57(16,17)48(8,9)10)42-28-37(31-50)46(54-36(4)51)45-41(35(3)32-52-56(14,15)47(5,6)7)29-38(30-43(42)45)55-58(49(11,12)13,39-24-20-18-21-25-39)40-26-22-19-23-27-40/h18-28,34-35,38,41-46H,29-33H2,1-17H3/t35-,38-,41+,42-,43-,44-,45-,46-/m1/s1. The van der Waals surface area contributed by atoms with Crippen LogP contribution in [-0.2, 0) is 22.8 Å². The van der Waals surface area contributed by atoms with Crippen LogP contribution in [0.15, 0.2) is 72.3 Å². The molecule has 2 aliphatic carbocycles. The fraction of sp³-hybridized carbons (Fsp3) is 0.694. The van der Waals surface area contributed by atoms with Gasteiger partial charge in [-0.15, -0.1) is 11.6 Å². The molecule has 0 amide bonds. The zero-order valence-electron chi connectivity index (χ0n) is 39.5. The maximum atomic E-state index is 13.1. The molecule has 0 aliphatic heterocycles. The Morgan fingerprint density at radius 1 is 0.741 bits per heavy atom. The minimum Gasteiger partial charge on any atom is -0.458 e. The lowest BCUT2D eigenvalue weighted by atomic mass is 9.55. The topological polar surface area (TPSA) is 54.0 Å². The molecule has 0 spiro atoms. The first-order valence-electron chi connectivity index (χ1n) is 22.2. The zero-order valence-corrected chi connectivity index (χ0v) is 43.3. The van der Waals surface area contributed by atoms with Crippen molar-refractivity contribution in [1.29, 1.82) is 0 Å². The normalized spacial score (nSPS) is 24.8. The van der Waals surface area contributed by atoms with Crippen LogP contribution in [0, 0.1) is 41.4 Å². The Balaban J connectivity index is 1.95. The van der Waals surface area contributed by atoms with Crippen molar-refractivity contribution in [1.82, 2.24) is 0 Å². The molecule has 2 aromatic carbocycles. The van der Waals surface area contributed by atoms with Gasteiger partial charge in [0.1, 0.15) is 6.10 Å². The summed E-state index contributed by atoms with van der Waals surface area (Å²) in [6, 6.07) is 22.1. The Kier molecular flexibility index (Phi) is 16.0. The number of alkyl halides is 1. The first-order valence-corrected chi connectivity index (χ1v) is 30.4. The van der Waals surface area contributed by atoms with Gasteiger partial charge in [0.25, 0.3) is 8.32 Å². The molecule has 0 N–H and O–H groups in total. The number of ether oxygens (including phenoxy) is 1. The van der Waals surface area contributed by atoms with Gasteiger partial charge in [-0.25, -0.2) is 0 Å². The van der Waals surface area contributed by atoms with Gasteiger partial charge in [-0.05, 0) is 106 Å². The average Bonchev–Trinajstić information content (AvgIpc) is 3.12. The third-order valence-electron chi connectivity index (χ3n) is 14.9. The lowest BCUT2D eigenvalue weighted by Crippen LogP contribution is -2.68.